The highest BCUT2D eigenvalue weighted by Crippen LogP contribution is 2.21. The molecule has 0 radical (unpaired) electrons. The first-order valence-electron chi connectivity index (χ1n) is 6.33. The van der Waals surface area contributed by atoms with E-state index in [-0.39, 0.29) is 0 Å². The SMILES string of the molecule is C/C=C/COC1CCC(NCCC)CC1. The zero-order valence-electron chi connectivity index (χ0n) is 10.2. The third-order valence-corrected chi connectivity index (χ3v) is 3.02. The first kappa shape index (κ1) is 12.7. The standard InChI is InChI=1S/C13H25NO/c1-3-5-11-15-13-8-6-12(7-9-13)14-10-4-2/h3,5,12-14H,4,6-11H2,1-2H3/b5-3+. The number of hydrogen-bond acceptors (Lipinski definition) is 2. The second-order valence-corrected chi connectivity index (χ2v) is 4.33. The number of hydrogen-bond donors (Lipinski definition) is 1. The average Bonchev–Trinajstić information content (AvgIpc) is 2.28. The Morgan fingerprint density at radius 1 is 1.27 bits per heavy atom. The van der Waals surface area contributed by atoms with Crippen LogP contribution in [-0.2, 0) is 4.74 Å². The number of rotatable bonds is 6. The summed E-state index contributed by atoms with van der Waals surface area (Å²) in [7, 11) is 0. The van der Waals surface area contributed by atoms with Gasteiger partial charge >= 0.3 is 0 Å². The van der Waals surface area contributed by atoms with E-state index in [4.69, 9.17) is 4.74 Å². The molecule has 88 valence electrons. The normalized spacial score (nSPS) is 27.3. The largest absolute Gasteiger partial charge is 0.374 e. The summed E-state index contributed by atoms with van der Waals surface area (Å²) in [6, 6.07) is 0.742. The molecule has 1 rings (SSSR count). The first-order chi connectivity index (χ1) is 7.36. The van der Waals surface area contributed by atoms with Gasteiger partial charge in [-0.1, -0.05) is 19.1 Å². The minimum atomic E-state index is 0.501. The fourth-order valence-electron chi connectivity index (χ4n) is 2.07. The Balaban J connectivity index is 2.07. The lowest BCUT2D eigenvalue weighted by Crippen LogP contribution is -2.35. The van der Waals surface area contributed by atoms with E-state index in [0.717, 1.165) is 19.2 Å². The molecule has 0 aromatic rings. The third kappa shape index (κ3) is 5.33. The molecule has 0 aliphatic heterocycles. The van der Waals surface area contributed by atoms with Gasteiger partial charge in [0.2, 0.25) is 0 Å². The van der Waals surface area contributed by atoms with E-state index < -0.39 is 0 Å². The van der Waals surface area contributed by atoms with E-state index in [1.165, 1.54) is 32.1 Å². The minimum Gasteiger partial charge on any atom is -0.374 e. The van der Waals surface area contributed by atoms with Crippen molar-refractivity contribution in [1.29, 1.82) is 0 Å². The molecule has 1 saturated carbocycles. The Kier molecular flexibility index (Phi) is 6.69. The molecule has 1 aliphatic carbocycles. The van der Waals surface area contributed by atoms with Crippen molar-refractivity contribution in [2.75, 3.05) is 13.2 Å². The van der Waals surface area contributed by atoms with Crippen LogP contribution in [-0.4, -0.2) is 25.3 Å². The van der Waals surface area contributed by atoms with Crippen LogP contribution in [0.3, 0.4) is 0 Å². The van der Waals surface area contributed by atoms with Crippen LogP contribution in [0, 0.1) is 0 Å². The molecule has 0 unspecified atom stereocenters. The molecule has 15 heavy (non-hydrogen) atoms. The Hall–Kier alpha value is -0.340. The quantitative estimate of drug-likeness (QED) is 0.682. The number of ether oxygens (including phenoxy) is 1. The molecule has 1 aliphatic rings. The molecular formula is C13H25NO. The average molecular weight is 211 g/mol. The van der Waals surface area contributed by atoms with Crippen molar-refractivity contribution in [1.82, 2.24) is 5.32 Å². The molecule has 1 N–H and O–H groups in total. The van der Waals surface area contributed by atoms with E-state index >= 15 is 0 Å². The molecular weight excluding hydrogens is 186 g/mol. The molecule has 0 heterocycles. The second-order valence-electron chi connectivity index (χ2n) is 4.33. The van der Waals surface area contributed by atoms with Crippen LogP contribution >= 0.6 is 0 Å². The number of allylic oxidation sites excluding steroid dienone is 1. The number of nitrogens with one attached hydrogen (secondary N) is 1. The van der Waals surface area contributed by atoms with Crippen LogP contribution in [0.25, 0.3) is 0 Å². The van der Waals surface area contributed by atoms with Gasteiger partial charge in [0.25, 0.3) is 0 Å². The molecule has 1 fully saturated rings. The van der Waals surface area contributed by atoms with Gasteiger partial charge in [-0.3, -0.25) is 0 Å². The summed E-state index contributed by atoms with van der Waals surface area (Å²) in [5.41, 5.74) is 0. The van der Waals surface area contributed by atoms with Crippen molar-refractivity contribution in [3.8, 4) is 0 Å². The molecule has 0 bridgehead atoms. The van der Waals surface area contributed by atoms with Gasteiger partial charge in [-0.15, -0.1) is 0 Å². The van der Waals surface area contributed by atoms with Crippen molar-refractivity contribution >= 4 is 0 Å². The summed E-state index contributed by atoms with van der Waals surface area (Å²) in [6.45, 7) is 6.21. The Bertz CT molecular complexity index is 171. The predicted octanol–water partition coefficient (Wildman–Crippen LogP) is 2.89. The summed E-state index contributed by atoms with van der Waals surface area (Å²) in [5.74, 6) is 0. The van der Waals surface area contributed by atoms with Gasteiger partial charge in [-0.2, -0.15) is 0 Å². The maximum absolute atomic E-state index is 5.76. The lowest BCUT2D eigenvalue weighted by molar-refractivity contribution is 0.0396. The van der Waals surface area contributed by atoms with Gasteiger partial charge in [-0.05, 0) is 45.6 Å². The van der Waals surface area contributed by atoms with E-state index in [2.05, 4.69) is 24.4 Å². The Morgan fingerprint density at radius 3 is 2.60 bits per heavy atom. The highest BCUT2D eigenvalue weighted by atomic mass is 16.5. The summed E-state index contributed by atoms with van der Waals surface area (Å²) in [4.78, 5) is 0. The fraction of sp³-hybridized carbons (Fsp3) is 0.846. The lowest BCUT2D eigenvalue weighted by Gasteiger charge is -2.28. The zero-order valence-corrected chi connectivity index (χ0v) is 10.2. The summed E-state index contributed by atoms with van der Waals surface area (Å²) >= 11 is 0. The van der Waals surface area contributed by atoms with Crippen LogP contribution in [0.5, 0.6) is 0 Å². The van der Waals surface area contributed by atoms with Gasteiger partial charge in [-0.25, -0.2) is 0 Å². The first-order valence-corrected chi connectivity index (χ1v) is 6.33. The Labute approximate surface area is 94.1 Å². The van der Waals surface area contributed by atoms with Crippen LogP contribution < -0.4 is 5.32 Å². The molecule has 0 spiro atoms. The van der Waals surface area contributed by atoms with Gasteiger partial charge in [0.15, 0.2) is 0 Å². The molecule has 0 amide bonds. The highest BCUT2D eigenvalue weighted by molar-refractivity contribution is 4.80. The second kappa shape index (κ2) is 7.89. The minimum absolute atomic E-state index is 0.501. The molecule has 0 aromatic carbocycles. The van der Waals surface area contributed by atoms with Gasteiger partial charge in [0.1, 0.15) is 0 Å². The maximum atomic E-state index is 5.76. The van der Waals surface area contributed by atoms with Crippen LogP contribution in [0.4, 0.5) is 0 Å². The van der Waals surface area contributed by atoms with Crippen molar-refractivity contribution in [3.63, 3.8) is 0 Å². The smallest absolute Gasteiger partial charge is 0.0651 e. The lowest BCUT2D eigenvalue weighted by atomic mass is 9.93. The fourth-order valence-corrected chi connectivity index (χ4v) is 2.07. The molecule has 0 saturated heterocycles. The highest BCUT2D eigenvalue weighted by Gasteiger charge is 2.20. The summed E-state index contributed by atoms with van der Waals surface area (Å²) in [6.07, 6.45) is 10.9. The van der Waals surface area contributed by atoms with Crippen LogP contribution in [0.1, 0.15) is 46.0 Å². The Morgan fingerprint density at radius 2 is 2.00 bits per heavy atom. The molecule has 2 nitrogen and oxygen atoms in total. The van der Waals surface area contributed by atoms with Gasteiger partial charge in [0.05, 0.1) is 12.7 Å². The van der Waals surface area contributed by atoms with Gasteiger partial charge in [0, 0.05) is 6.04 Å². The summed E-state index contributed by atoms with van der Waals surface area (Å²) < 4.78 is 5.76. The molecule has 2 heteroatoms. The van der Waals surface area contributed by atoms with E-state index in [9.17, 15) is 0 Å². The van der Waals surface area contributed by atoms with E-state index in [1.54, 1.807) is 0 Å². The monoisotopic (exact) mass is 211 g/mol. The zero-order chi connectivity index (χ0) is 10.9. The molecule has 0 atom stereocenters. The van der Waals surface area contributed by atoms with Crippen LogP contribution in [0.15, 0.2) is 12.2 Å². The van der Waals surface area contributed by atoms with E-state index in [1.807, 2.05) is 6.92 Å². The topological polar surface area (TPSA) is 21.3 Å². The van der Waals surface area contributed by atoms with Crippen molar-refractivity contribution in [2.24, 2.45) is 0 Å². The summed E-state index contributed by atoms with van der Waals surface area (Å²) in [5, 5.41) is 3.59. The van der Waals surface area contributed by atoms with E-state index in [0.29, 0.717) is 6.10 Å². The maximum Gasteiger partial charge on any atom is 0.0651 e. The van der Waals surface area contributed by atoms with Crippen LogP contribution in [0.2, 0.25) is 0 Å². The predicted molar refractivity (Wildman–Crippen MR) is 65.1 cm³/mol. The van der Waals surface area contributed by atoms with Crippen molar-refractivity contribution in [2.45, 2.75) is 58.1 Å². The van der Waals surface area contributed by atoms with Crippen molar-refractivity contribution in [3.05, 3.63) is 12.2 Å². The molecule has 0 aromatic heterocycles. The third-order valence-electron chi connectivity index (χ3n) is 3.02. The van der Waals surface area contributed by atoms with Gasteiger partial charge < -0.3 is 10.1 Å². The van der Waals surface area contributed by atoms with Crippen molar-refractivity contribution < 1.29 is 4.74 Å².